The van der Waals surface area contributed by atoms with Crippen LogP contribution in [-0.4, -0.2) is 34.4 Å². The number of benzene rings is 1. The Morgan fingerprint density at radius 2 is 1.90 bits per heavy atom. The van der Waals surface area contributed by atoms with Gasteiger partial charge in [-0.1, -0.05) is 23.9 Å². The molecule has 9 heteroatoms. The van der Waals surface area contributed by atoms with Gasteiger partial charge < -0.3 is 18.9 Å². The zero-order valence-corrected chi connectivity index (χ0v) is 17.8. The van der Waals surface area contributed by atoms with Crippen LogP contribution in [0, 0.1) is 0 Å². The monoisotopic (exact) mass is 438 g/mol. The number of methoxy groups -OCH3 is 1. The van der Waals surface area contributed by atoms with Crippen LogP contribution in [0.3, 0.4) is 0 Å². The van der Waals surface area contributed by atoms with Crippen molar-refractivity contribution < 1.29 is 18.4 Å². The predicted octanol–water partition coefficient (Wildman–Crippen LogP) is 4.00. The molecule has 3 heterocycles. The summed E-state index contributed by atoms with van der Waals surface area (Å²) in [6.07, 6.45) is 3.20. The van der Waals surface area contributed by atoms with E-state index in [1.54, 1.807) is 37.5 Å². The molecule has 0 radical (unpaired) electrons. The van der Waals surface area contributed by atoms with Crippen LogP contribution in [0.15, 0.2) is 75.0 Å². The smallest absolute Gasteiger partial charge is 0.251 e. The van der Waals surface area contributed by atoms with E-state index >= 15 is 0 Å². The van der Waals surface area contributed by atoms with Crippen molar-refractivity contribution in [3.05, 3.63) is 77.9 Å². The first kappa shape index (κ1) is 21.0. The fourth-order valence-corrected chi connectivity index (χ4v) is 3.87. The molecule has 1 aromatic carbocycles. The Labute approximate surface area is 183 Å². The van der Waals surface area contributed by atoms with Gasteiger partial charge >= 0.3 is 0 Å². The lowest BCUT2D eigenvalue weighted by Crippen LogP contribution is -2.22. The number of rotatable bonds is 10. The van der Waals surface area contributed by atoms with E-state index in [9.17, 15) is 4.79 Å². The molecule has 8 nitrogen and oxygen atoms in total. The fraction of sp³-hybridized carbons (Fsp3) is 0.227. The molecule has 1 amide bonds. The number of carbonyl (C=O) groups excluding carboxylic acids is 1. The highest BCUT2D eigenvalue weighted by Gasteiger charge is 2.16. The summed E-state index contributed by atoms with van der Waals surface area (Å²) in [6.45, 7) is 1.52. The van der Waals surface area contributed by atoms with E-state index in [0.717, 1.165) is 10.7 Å². The second kappa shape index (κ2) is 10.1. The van der Waals surface area contributed by atoms with Gasteiger partial charge in [0.15, 0.2) is 10.9 Å². The molecule has 0 aliphatic heterocycles. The maximum Gasteiger partial charge on any atom is 0.251 e. The van der Waals surface area contributed by atoms with Crippen LogP contribution in [0.5, 0.6) is 0 Å². The predicted molar refractivity (Wildman–Crippen MR) is 115 cm³/mol. The van der Waals surface area contributed by atoms with Gasteiger partial charge in [-0.25, -0.2) is 0 Å². The molecule has 0 atom stereocenters. The Kier molecular flexibility index (Phi) is 6.85. The van der Waals surface area contributed by atoms with Crippen LogP contribution in [-0.2, 0) is 23.6 Å². The van der Waals surface area contributed by atoms with E-state index in [-0.39, 0.29) is 5.91 Å². The van der Waals surface area contributed by atoms with E-state index in [0.29, 0.717) is 48.4 Å². The molecule has 0 fully saturated rings. The molecule has 0 spiro atoms. The number of amides is 1. The molecule has 160 valence electrons. The Hall–Kier alpha value is -3.30. The minimum atomic E-state index is -0.141. The molecular formula is C22H22N4O4S. The minimum Gasteiger partial charge on any atom is -0.467 e. The maximum atomic E-state index is 12.3. The van der Waals surface area contributed by atoms with Crippen molar-refractivity contribution in [2.45, 2.75) is 24.0 Å². The van der Waals surface area contributed by atoms with E-state index in [1.165, 1.54) is 0 Å². The highest BCUT2D eigenvalue weighted by molar-refractivity contribution is 7.98. The molecular weight excluding hydrogens is 416 g/mol. The van der Waals surface area contributed by atoms with Gasteiger partial charge in [-0.15, -0.1) is 10.2 Å². The fourth-order valence-electron chi connectivity index (χ4n) is 2.95. The van der Waals surface area contributed by atoms with Crippen LogP contribution in [0.4, 0.5) is 0 Å². The zero-order valence-electron chi connectivity index (χ0n) is 17.0. The summed E-state index contributed by atoms with van der Waals surface area (Å²) in [4.78, 5) is 12.3. The average Bonchev–Trinajstić information content (AvgIpc) is 3.56. The topological polar surface area (TPSA) is 95.3 Å². The van der Waals surface area contributed by atoms with E-state index in [4.69, 9.17) is 13.6 Å². The summed E-state index contributed by atoms with van der Waals surface area (Å²) in [5.74, 6) is 2.61. The largest absolute Gasteiger partial charge is 0.467 e. The summed E-state index contributed by atoms with van der Waals surface area (Å²) < 4.78 is 17.9. The molecule has 0 saturated carbocycles. The quantitative estimate of drug-likeness (QED) is 0.374. The van der Waals surface area contributed by atoms with Gasteiger partial charge in [0.1, 0.15) is 5.76 Å². The molecule has 0 aliphatic carbocycles. The van der Waals surface area contributed by atoms with Gasteiger partial charge in [-0.3, -0.25) is 9.36 Å². The first-order valence-electron chi connectivity index (χ1n) is 9.73. The average molecular weight is 439 g/mol. The number of hydrogen-bond donors (Lipinski definition) is 1. The van der Waals surface area contributed by atoms with E-state index in [1.807, 2.05) is 47.0 Å². The third-order valence-electron chi connectivity index (χ3n) is 4.56. The normalized spacial score (nSPS) is 11.0. The lowest BCUT2D eigenvalue weighted by Gasteiger charge is -2.09. The SMILES string of the molecule is COCCn1c(SCc2ccc(C(=O)NCc3ccco3)cc2)nnc1-c1ccco1. The van der Waals surface area contributed by atoms with Crippen molar-refractivity contribution in [3.63, 3.8) is 0 Å². The Morgan fingerprint density at radius 3 is 2.61 bits per heavy atom. The number of nitrogens with one attached hydrogen (secondary N) is 1. The summed E-state index contributed by atoms with van der Waals surface area (Å²) >= 11 is 1.57. The second-order valence-corrected chi connectivity index (χ2v) is 7.62. The summed E-state index contributed by atoms with van der Waals surface area (Å²) in [6, 6.07) is 14.8. The lowest BCUT2D eigenvalue weighted by atomic mass is 10.1. The van der Waals surface area contributed by atoms with Gasteiger partial charge in [0.05, 0.1) is 32.2 Å². The zero-order chi connectivity index (χ0) is 21.5. The van der Waals surface area contributed by atoms with E-state index in [2.05, 4.69) is 15.5 Å². The molecule has 4 rings (SSSR count). The van der Waals surface area contributed by atoms with Crippen molar-refractivity contribution in [2.75, 3.05) is 13.7 Å². The van der Waals surface area contributed by atoms with Gasteiger partial charge in [-0.2, -0.15) is 0 Å². The molecule has 1 N–H and O–H groups in total. The molecule has 4 aromatic rings. The van der Waals surface area contributed by atoms with Crippen molar-refractivity contribution in [2.24, 2.45) is 0 Å². The number of aromatic nitrogens is 3. The first-order chi connectivity index (χ1) is 15.2. The van der Waals surface area contributed by atoms with Crippen LogP contribution < -0.4 is 5.32 Å². The Morgan fingerprint density at radius 1 is 1.10 bits per heavy atom. The highest BCUT2D eigenvalue weighted by atomic mass is 32.2. The van der Waals surface area contributed by atoms with Gasteiger partial charge in [-0.05, 0) is 42.0 Å². The molecule has 0 bridgehead atoms. The van der Waals surface area contributed by atoms with Gasteiger partial charge in [0.2, 0.25) is 5.82 Å². The lowest BCUT2D eigenvalue weighted by molar-refractivity contribution is 0.0948. The van der Waals surface area contributed by atoms with Crippen molar-refractivity contribution in [3.8, 4) is 11.6 Å². The molecule has 0 unspecified atom stereocenters. The standard InChI is InChI=1S/C22H22N4O4S/c1-28-13-10-26-20(19-5-3-12-30-19)24-25-22(26)31-15-16-6-8-17(9-7-16)21(27)23-14-18-4-2-11-29-18/h2-9,11-12H,10,13-15H2,1H3,(H,23,27). The summed E-state index contributed by atoms with van der Waals surface area (Å²) in [5, 5.41) is 12.2. The van der Waals surface area contributed by atoms with Crippen molar-refractivity contribution in [1.29, 1.82) is 0 Å². The van der Waals surface area contributed by atoms with Crippen molar-refractivity contribution >= 4 is 17.7 Å². The van der Waals surface area contributed by atoms with Gasteiger partial charge in [0, 0.05) is 18.4 Å². The number of nitrogens with zero attached hydrogens (tertiary/aromatic N) is 3. The number of furan rings is 2. The summed E-state index contributed by atoms with van der Waals surface area (Å²) in [5.41, 5.74) is 1.68. The van der Waals surface area contributed by atoms with E-state index < -0.39 is 0 Å². The van der Waals surface area contributed by atoms with Crippen molar-refractivity contribution in [1.82, 2.24) is 20.1 Å². The number of thioether (sulfide) groups is 1. The highest BCUT2D eigenvalue weighted by Crippen LogP contribution is 2.26. The Bertz CT molecular complexity index is 1090. The molecule has 3 aromatic heterocycles. The van der Waals surface area contributed by atoms with Crippen LogP contribution in [0.2, 0.25) is 0 Å². The Balaban J connectivity index is 1.38. The number of hydrogen-bond acceptors (Lipinski definition) is 7. The van der Waals surface area contributed by atoms with Crippen LogP contribution in [0.25, 0.3) is 11.6 Å². The number of carbonyl (C=O) groups is 1. The minimum absolute atomic E-state index is 0.141. The second-order valence-electron chi connectivity index (χ2n) is 6.68. The molecule has 31 heavy (non-hydrogen) atoms. The van der Waals surface area contributed by atoms with Crippen LogP contribution in [0.1, 0.15) is 21.7 Å². The molecule has 0 saturated heterocycles. The number of ether oxygens (including phenoxy) is 1. The third-order valence-corrected chi connectivity index (χ3v) is 5.60. The van der Waals surface area contributed by atoms with Crippen LogP contribution >= 0.6 is 11.8 Å². The molecule has 0 aliphatic rings. The first-order valence-corrected chi connectivity index (χ1v) is 10.7. The third kappa shape index (κ3) is 5.25. The van der Waals surface area contributed by atoms with Gasteiger partial charge in [0.25, 0.3) is 5.91 Å². The maximum absolute atomic E-state index is 12.3. The summed E-state index contributed by atoms with van der Waals surface area (Å²) in [7, 11) is 1.66.